The molecule has 0 bridgehead atoms. The number of fused-ring (bicyclic) bond motifs is 14. The third kappa shape index (κ3) is 9.52. The molecule has 0 spiro atoms. The minimum Gasteiger partial charge on any atom is -0.253 e. The number of pyridine rings is 4. The van der Waals surface area contributed by atoms with Gasteiger partial charge in [0.05, 0.1) is 66.9 Å². The maximum Gasteiger partial charge on any atom is 0.0978 e. The molecule has 6 aromatic heterocycles. The Morgan fingerprint density at radius 1 is 0.214 bits per heavy atom. The molecule has 6 heterocycles. The normalized spacial score (nSPS) is 12.6. The number of rotatable bonds is 9. The van der Waals surface area contributed by atoms with Gasteiger partial charge in [-0.25, -0.2) is 19.9 Å². The van der Waals surface area contributed by atoms with Gasteiger partial charge >= 0.3 is 0 Å². The summed E-state index contributed by atoms with van der Waals surface area (Å²) >= 11 is 0. The van der Waals surface area contributed by atoms with Crippen molar-refractivity contribution in [3.05, 3.63) is 327 Å². The van der Waals surface area contributed by atoms with E-state index >= 15 is 0 Å². The van der Waals surface area contributed by atoms with Crippen LogP contribution in [0.4, 0.5) is 0 Å². The van der Waals surface area contributed by atoms with E-state index in [1.165, 1.54) is 66.4 Å². The average Bonchev–Trinajstić information content (AvgIpc) is 1.62. The van der Waals surface area contributed by atoms with E-state index in [0.717, 1.165) is 155 Å². The second kappa shape index (κ2) is 22.7. The fraction of sp³-hybridized carbons (Fsp3) is 0.0316. The highest BCUT2D eigenvalue weighted by molar-refractivity contribution is 6.19. The monoisotopic (exact) mass is 1310 g/mol. The van der Waals surface area contributed by atoms with Gasteiger partial charge in [-0.3, -0.25) is 19.9 Å². The lowest BCUT2D eigenvalue weighted by molar-refractivity contribution is 0.661. The fourth-order valence-electron chi connectivity index (χ4n) is 16.3. The second-order valence-corrected chi connectivity index (χ2v) is 27.8. The zero-order valence-electron chi connectivity index (χ0n) is 56.1. The lowest BCUT2D eigenvalue weighted by atomic mass is 9.80. The molecule has 8 heteroatoms. The highest BCUT2D eigenvalue weighted by Crippen LogP contribution is 2.53. The van der Waals surface area contributed by atoms with Crippen LogP contribution < -0.4 is 0 Å². The minimum absolute atomic E-state index is 0.299. The third-order valence-electron chi connectivity index (χ3n) is 21.6. The van der Waals surface area contributed by atoms with Crippen LogP contribution in [-0.4, -0.2) is 39.9 Å². The van der Waals surface area contributed by atoms with Gasteiger partial charge in [-0.1, -0.05) is 226 Å². The molecule has 0 radical (unpaired) electrons. The molecule has 0 saturated heterocycles. The molecule has 13 aromatic carbocycles. The zero-order valence-corrected chi connectivity index (χ0v) is 56.1. The van der Waals surface area contributed by atoms with E-state index < -0.39 is 0 Å². The molecular formula is C95H58N8. The van der Waals surface area contributed by atoms with Crippen LogP contribution in [0.1, 0.15) is 25.0 Å². The molecule has 103 heavy (non-hydrogen) atoms. The van der Waals surface area contributed by atoms with Crippen LogP contribution in [0, 0.1) is 0 Å². The summed E-state index contributed by atoms with van der Waals surface area (Å²) in [5.74, 6) is 0. The van der Waals surface area contributed by atoms with Gasteiger partial charge in [-0.2, -0.15) is 0 Å². The van der Waals surface area contributed by atoms with Gasteiger partial charge in [0.1, 0.15) is 0 Å². The number of aromatic nitrogens is 8. The molecule has 0 atom stereocenters. The van der Waals surface area contributed by atoms with Gasteiger partial charge in [0.2, 0.25) is 0 Å². The quantitative estimate of drug-likeness (QED) is 0.132. The molecule has 21 rings (SSSR count). The van der Waals surface area contributed by atoms with E-state index in [9.17, 15) is 0 Å². The van der Waals surface area contributed by atoms with Crippen molar-refractivity contribution in [3.63, 3.8) is 0 Å². The zero-order chi connectivity index (χ0) is 68.0. The Bertz CT molecular complexity index is 6790. The molecule has 8 nitrogen and oxygen atoms in total. The molecule has 2 aliphatic carbocycles. The van der Waals surface area contributed by atoms with E-state index in [0.29, 0.717) is 0 Å². The van der Waals surface area contributed by atoms with E-state index in [-0.39, 0.29) is 5.41 Å². The van der Waals surface area contributed by atoms with Gasteiger partial charge < -0.3 is 0 Å². The smallest absolute Gasteiger partial charge is 0.0978 e. The summed E-state index contributed by atoms with van der Waals surface area (Å²) in [6.45, 7) is 4.74. The van der Waals surface area contributed by atoms with Crippen LogP contribution in [0.15, 0.2) is 316 Å². The largest absolute Gasteiger partial charge is 0.253 e. The number of hydrogen-bond donors (Lipinski definition) is 0. The van der Waals surface area contributed by atoms with Crippen molar-refractivity contribution in [1.82, 2.24) is 39.9 Å². The second-order valence-electron chi connectivity index (χ2n) is 27.8. The van der Waals surface area contributed by atoms with Crippen molar-refractivity contribution in [2.24, 2.45) is 0 Å². The summed E-state index contributed by atoms with van der Waals surface area (Å²) < 4.78 is 0. The van der Waals surface area contributed by atoms with Crippen molar-refractivity contribution in [3.8, 4) is 134 Å². The first-order chi connectivity index (χ1) is 50.7. The number of nitrogens with zero attached hydrogens (tertiary/aromatic N) is 8. The van der Waals surface area contributed by atoms with Crippen molar-refractivity contribution >= 4 is 76.5 Å². The van der Waals surface area contributed by atoms with Gasteiger partial charge in [0, 0.05) is 74.0 Å². The Balaban J connectivity index is 0.603. The lowest BCUT2D eigenvalue weighted by Crippen LogP contribution is -2.15. The van der Waals surface area contributed by atoms with Crippen molar-refractivity contribution in [1.29, 1.82) is 0 Å². The maximum absolute atomic E-state index is 5.63. The van der Waals surface area contributed by atoms with Gasteiger partial charge in [-0.15, -0.1) is 0 Å². The van der Waals surface area contributed by atoms with Crippen LogP contribution in [0.2, 0.25) is 0 Å². The van der Waals surface area contributed by atoms with Crippen LogP contribution in [0.25, 0.3) is 210 Å². The van der Waals surface area contributed by atoms with Crippen LogP contribution in [-0.2, 0) is 5.41 Å². The summed E-state index contributed by atoms with van der Waals surface area (Å²) in [7, 11) is 0. The third-order valence-corrected chi connectivity index (χ3v) is 21.6. The van der Waals surface area contributed by atoms with E-state index in [4.69, 9.17) is 19.9 Å². The number of benzene rings is 13. The molecule has 0 aliphatic heterocycles. The van der Waals surface area contributed by atoms with Gasteiger partial charge in [0.25, 0.3) is 0 Å². The average molecular weight is 1310 g/mol. The Kier molecular flexibility index (Phi) is 12.9. The lowest BCUT2D eigenvalue weighted by Gasteiger charge is -2.23. The SMILES string of the molecule is CC1(C)c2cc(-c3ccc(-c4ccc5ccc6ccc(-c7ccc(-c8ccc9nccnc9c8)cc7)nc6c5n4)cc3)ccc2-c2ccc(-c3cc4ccc(-c5cccc(-c6ccc7c8c(cccc68)-c6ccccc6-7)c5)nc4c4nc(-c5ccc(-c6ccc7nccnc7c6)cc5)ccc34)cc21. The van der Waals surface area contributed by atoms with E-state index in [1.807, 2.05) is 12.1 Å². The van der Waals surface area contributed by atoms with Crippen LogP contribution in [0.5, 0.6) is 0 Å². The summed E-state index contributed by atoms with van der Waals surface area (Å²) in [6.07, 6.45) is 6.93. The predicted molar refractivity (Wildman–Crippen MR) is 422 cm³/mol. The van der Waals surface area contributed by atoms with Gasteiger partial charge in [0.15, 0.2) is 0 Å². The van der Waals surface area contributed by atoms with E-state index in [2.05, 4.69) is 313 Å². The maximum atomic E-state index is 5.63. The highest BCUT2D eigenvalue weighted by atomic mass is 14.8. The standard InChI is InChI=1S/C95H58N8/c1-95(2)80-51-63(55-13-19-58(20-14-55)82-39-29-61-25-26-62-30-40-83(101-92(62)91(61)100-82)59-21-15-56(16-22-59)64-31-42-86-88(53-64)98-47-45-96-86)27-34-73(80)74-35-28-67(52-81(74)95)79-50-69-33-41-85(68-8-5-7-66(49-68)70-36-37-77-72-10-4-3-9-71(72)76-12-6-11-75(70)90(76)77)102-93(69)94-78(79)38-44-84(103-94)60-23-17-57(18-24-60)65-32-43-87-89(54-65)99-48-46-97-87/h3-54H,1-2H3. The molecule has 0 saturated carbocycles. The van der Waals surface area contributed by atoms with Crippen molar-refractivity contribution in [2.45, 2.75) is 19.3 Å². The molecule has 2 aliphatic rings. The molecule has 478 valence electrons. The molecular weight excluding hydrogens is 1250 g/mol. The minimum atomic E-state index is -0.299. The Hall–Kier alpha value is -13.6. The number of hydrogen-bond acceptors (Lipinski definition) is 8. The summed E-state index contributed by atoms with van der Waals surface area (Å²) in [5.41, 5.74) is 36.0. The molecule has 19 aromatic rings. The highest BCUT2D eigenvalue weighted by Gasteiger charge is 2.36. The summed E-state index contributed by atoms with van der Waals surface area (Å²) in [6, 6.07) is 106. The van der Waals surface area contributed by atoms with Gasteiger partial charge in [-0.05, 0) is 190 Å². The molecule has 0 fully saturated rings. The van der Waals surface area contributed by atoms with Crippen molar-refractivity contribution in [2.75, 3.05) is 0 Å². The topological polar surface area (TPSA) is 103 Å². The first-order valence-corrected chi connectivity index (χ1v) is 35.0. The van der Waals surface area contributed by atoms with Crippen molar-refractivity contribution < 1.29 is 0 Å². The van der Waals surface area contributed by atoms with Crippen LogP contribution in [0.3, 0.4) is 0 Å². The van der Waals surface area contributed by atoms with E-state index in [1.54, 1.807) is 24.8 Å². The van der Waals surface area contributed by atoms with Crippen LogP contribution >= 0.6 is 0 Å². The Morgan fingerprint density at radius 2 is 0.602 bits per heavy atom. The first kappa shape index (κ1) is 58.4. The molecule has 0 unspecified atom stereocenters. The molecule has 0 N–H and O–H groups in total. The fourth-order valence-corrected chi connectivity index (χ4v) is 16.3. The summed E-state index contributed by atoms with van der Waals surface area (Å²) in [4.78, 5) is 39.9. The summed E-state index contributed by atoms with van der Waals surface area (Å²) in [5, 5.41) is 6.73. The first-order valence-electron chi connectivity index (χ1n) is 35.0. The predicted octanol–water partition coefficient (Wildman–Crippen LogP) is 23.9. The Morgan fingerprint density at radius 3 is 1.18 bits per heavy atom. The Labute approximate surface area is 593 Å². The molecule has 0 amide bonds.